The first-order chi connectivity index (χ1) is 7.95. The second-order valence-corrected chi connectivity index (χ2v) is 4.99. The molecule has 0 saturated heterocycles. The average molecular weight is 257 g/mol. The lowest BCUT2D eigenvalue weighted by molar-refractivity contribution is -0.143. The van der Waals surface area contributed by atoms with Gasteiger partial charge in [-0.2, -0.15) is 0 Å². The Morgan fingerprint density at radius 3 is 2.59 bits per heavy atom. The van der Waals surface area contributed by atoms with Gasteiger partial charge in [0.25, 0.3) is 0 Å². The molecule has 6 heteroatoms. The van der Waals surface area contributed by atoms with Gasteiger partial charge in [0.05, 0.1) is 11.5 Å². The minimum atomic E-state index is -3.75. The Bertz CT molecular complexity index is 496. The Hall–Kier alpha value is -1.40. The molecular formula is C11H15NO4S. The molecule has 0 unspecified atom stereocenters. The summed E-state index contributed by atoms with van der Waals surface area (Å²) < 4.78 is 27.3. The Balaban J connectivity index is 2.82. The Kier molecular flexibility index (Phi) is 4.65. The molecule has 0 aromatic heterocycles. The number of ether oxygens (including phenoxy) is 1. The Labute approximate surface area is 101 Å². The smallest absolute Gasteiger partial charge is 0.306 e. The molecule has 0 amide bonds. The lowest BCUT2D eigenvalue weighted by Gasteiger charge is -2.07. The van der Waals surface area contributed by atoms with Crippen LogP contribution in [0.1, 0.15) is 18.9 Å². The van der Waals surface area contributed by atoms with Gasteiger partial charge >= 0.3 is 5.97 Å². The molecule has 0 saturated carbocycles. The predicted molar refractivity (Wildman–Crippen MR) is 62.8 cm³/mol. The number of esters is 1. The van der Waals surface area contributed by atoms with Crippen molar-refractivity contribution in [3.8, 4) is 0 Å². The summed E-state index contributed by atoms with van der Waals surface area (Å²) in [6.45, 7) is 2.03. The van der Waals surface area contributed by atoms with Crippen molar-refractivity contribution in [2.45, 2.75) is 24.7 Å². The lowest BCUT2D eigenvalue weighted by atomic mass is 10.1. The fraction of sp³-hybridized carbons (Fsp3) is 0.364. The van der Waals surface area contributed by atoms with Gasteiger partial charge in [-0.15, -0.1) is 0 Å². The van der Waals surface area contributed by atoms with E-state index in [1.165, 1.54) is 6.07 Å². The van der Waals surface area contributed by atoms with Crippen molar-refractivity contribution in [2.75, 3.05) is 6.61 Å². The summed E-state index contributed by atoms with van der Waals surface area (Å²) in [6, 6.07) is 6.36. The number of aryl methyl sites for hydroxylation is 1. The monoisotopic (exact) mass is 257 g/mol. The van der Waals surface area contributed by atoms with E-state index in [0.717, 1.165) is 0 Å². The number of benzene rings is 1. The summed E-state index contributed by atoms with van der Waals surface area (Å²) in [4.78, 5) is 11.2. The van der Waals surface area contributed by atoms with Crippen LogP contribution in [-0.4, -0.2) is 21.0 Å². The highest BCUT2D eigenvalue weighted by Gasteiger charge is 2.14. The number of primary sulfonamides is 1. The minimum absolute atomic E-state index is 0.0595. The van der Waals surface area contributed by atoms with Crippen LogP contribution >= 0.6 is 0 Å². The van der Waals surface area contributed by atoms with E-state index in [9.17, 15) is 13.2 Å². The van der Waals surface area contributed by atoms with Crippen molar-refractivity contribution in [3.63, 3.8) is 0 Å². The van der Waals surface area contributed by atoms with Crippen LogP contribution < -0.4 is 5.14 Å². The molecule has 5 nitrogen and oxygen atoms in total. The van der Waals surface area contributed by atoms with E-state index in [0.29, 0.717) is 18.6 Å². The summed E-state index contributed by atoms with van der Waals surface area (Å²) >= 11 is 0. The molecule has 0 radical (unpaired) electrons. The zero-order chi connectivity index (χ0) is 12.9. The number of rotatable bonds is 5. The normalized spacial score (nSPS) is 11.2. The van der Waals surface area contributed by atoms with E-state index < -0.39 is 10.0 Å². The number of hydrogen-bond donors (Lipinski definition) is 1. The molecule has 0 heterocycles. The first-order valence-corrected chi connectivity index (χ1v) is 6.76. The van der Waals surface area contributed by atoms with Crippen LogP contribution in [-0.2, 0) is 26.0 Å². The van der Waals surface area contributed by atoms with E-state index in [2.05, 4.69) is 0 Å². The van der Waals surface area contributed by atoms with Gasteiger partial charge in [-0.05, 0) is 25.0 Å². The molecule has 0 atom stereocenters. The topological polar surface area (TPSA) is 86.5 Å². The molecule has 0 aliphatic rings. The second kappa shape index (κ2) is 5.79. The van der Waals surface area contributed by atoms with Gasteiger partial charge in [0.15, 0.2) is 0 Å². The summed E-state index contributed by atoms with van der Waals surface area (Å²) in [5, 5.41) is 5.08. The summed E-state index contributed by atoms with van der Waals surface area (Å²) in [5.74, 6) is -0.350. The van der Waals surface area contributed by atoms with Crippen LogP contribution in [0, 0.1) is 0 Å². The molecule has 17 heavy (non-hydrogen) atoms. The molecule has 0 bridgehead atoms. The standard InChI is InChI=1S/C11H15NO4S/c1-2-16-11(13)8-7-9-5-3-4-6-10(9)17(12,14)15/h3-6H,2,7-8H2,1H3,(H2,12,14,15). The SMILES string of the molecule is CCOC(=O)CCc1ccccc1S(N)(=O)=O. The zero-order valence-corrected chi connectivity index (χ0v) is 10.4. The van der Waals surface area contributed by atoms with Crippen LogP contribution in [0.25, 0.3) is 0 Å². The minimum Gasteiger partial charge on any atom is -0.466 e. The summed E-state index contributed by atoms with van der Waals surface area (Å²) in [5.41, 5.74) is 0.531. The summed E-state index contributed by atoms with van der Waals surface area (Å²) in [6.07, 6.45) is 0.436. The van der Waals surface area contributed by atoms with Gasteiger partial charge in [0.1, 0.15) is 0 Å². The first kappa shape index (κ1) is 13.7. The van der Waals surface area contributed by atoms with Crippen molar-refractivity contribution < 1.29 is 17.9 Å². The highest BCUT2D eigenvalue weighted by Crippen LogP contribution is 2.15. The predicted octanol–water partition coefficient (Wildman–Crippen LogP) is 0.830. The average Bonchev–Trinajstić information content (AvgIpc) is 2.26. The maximum atomic E-state index is 11.3. The fourth-order valence-corrected chi connectivity index (χ4v) is 2.26. The summed E-state index contributed by atoms with van der Waals surface area (Å²) in [7, 11) is -3.75. The van der Waals surface area contributed by atoms with E-state index in [1.807, 2.05) is 0 Å². The molecular weight excluding hydrogens is 242 g/mol. The van der Waals surface area contributed by atoms with E-state index in [1.54, 1.807) is 25.1 Å². The van der Waals surface area contributed by atoms with Crippen molar-refractivity contribution >= 4 is 16.0 Å². The van der Waals surface area contributed by atoms with Gasteiger partial charge in [-0.25, -0.2) is 13.6 Å². The van der Waals surface area contributed by atoms with Gasteiger partial charge in [-0.1, -0.05) is 18.2 Å². The molecule has 1 aromatic carbocycles. The van der Waals surface area contributed by atoms with Crippen molar-refractivity contribution in [1.82, 2.24) is 0 Å². The number of nitrogens with two attached hydrogens (primary N) is 1. The third-order valence-electron chi connectivity index (χ3n) is 2.18. The molecule has 0 aliphatic heterocycles. The first-order valence-electron chi connectivity index (χ1n) is 5.21. The third-order valence-corrected chi connectivity index (χ3v) is 3.19. The maximum Gasteiger partial charge on any atom is 0.306 e. The molecule has 0 fully saturated rings. The van der Waals surface area contributed by atoms with Crippen LogP contribution in [0.15, 0.2) is 29.2 Å². The van der Waals surface area contributed by atoms with Crippen LogP contribution in [0.5, 0.6) is 0 Å². The number of carbonyl (C=O) groups excluding carboxylic acids is 1. The quantitative estimate of drug-likeness (QED) is 0.791. The molecule has 0 spiro atoms. The van der Waals surface area contributed by atoms with Gasteiger partial charge in [0, 0.05) is 6.42 Å². The lowest BCUT2D eigenvalue weighted by Crippen LogP contribution is -2.15. The Morgan fingerprint density at radius 2 is 2.00 bits per heavy atom. The molecule has 2 N–H and O–H groups in total. The van der Waals surface area contributed by atoms with E-state index in [4.69, 9.17) is 9.88 Å². The van der Waals surface area contributed by atoms with Crippen LogP contribution in [0.2, 0.25) is 0 Å². The highest BCUT2D eigenvalue weighted by molar-refractivity contribution is 7.89. The van der Waals surface area contributed by atoms with Crippen molar-refractivity contribution in [1.29, 1.82) is 0 Å². The number of sulfonamides is 1. The van der Waals surface area contributed by atoms with Crippen LogP contribution in [0.3, 0.4) is 0 Å². The zero-order valence-electron chi connectivity index (χ0n) is 9.55. The largest absolute Gasteiger partial charge is 0.466 e. The molecule has 94 valence electrons. The maximum absolute atomic E-state index is 11.3. The van der Waals surface area contributed by atoms with Crippen LogP contribution in [0.4, 0.5) is 0 Å². The van der Waals surface area contributed by atoms with E-state index in [-0.39, 0.29) is 17.3 Å². The molecule has 0 aliphatic carbocycles. The van der Waals surface area contributed by atoms with Gasteiger partial charge in [0.2, 0.25) is 10.0 Å². The fourth-order valence-electron chi connectivity index (χ4n) is 1.46. The van der Waals surface area contributed by atoms with Gasteiger partial charge < -0.3 is 4.74 Å². The third kappa shape index (κ3) is 4.16. The van der Waals surface area contributed by atoms with Crippen molar-refractivity contribution in [3.05, 3.63) is 29.8 Å². The number of hydrogen-bond acceptors (Lipinski definition) is 4. The highest BCUT2D eigenvalue weighted by atomic mass is 32.2. The Morgan fingerprint density at radius 1 is 1.35 bits per heavy atom. The molecule has 1 aromatic rings. The van der Waals surface area contributed by atoms with Crippen molar-refractivity contribution in [2.24, 2.45) is 5.14 Å². The van der Waals surface area contributed by atoms with E-state index >= 15 is 0 Å². The van der Waals surface area contributed by atoms with Gasteiger partial charge in [-0.3, -0.25) is 4.79 Å². The number of carbonyl (C=O) groups is 1. The molecule has 1 rings (SSSR count). The second-order valence-electron chi connectivity index (χ2n) is 3.46.